The van der Waals surface area contributed by atoms with Gasteiger partial charge in [-0.15, -0.1) is 0 Å². The third-order valence-electron chi connectivity index (χ3n) is 3.46. The fourth-order valence-electron chi connectivity index (χ4n) is 2.01. The molecule has 0 unspecified atom stereocenters. The first-order valence-electron chi connectivity index (χ1n) is 7.14. The second-order valence-electron chi connectivity index (χ2n) is 5.29. The number of nitrogens with one attached hydrogen (secondary N) is 2. The smallest absolute Gasteiger partial charge is 0.267 e. The molecule has 2 rings (SSSR count). The maximum absolute atomic E-state index is 12.5. The van der Waals surface area contributed by atoms with Crippen molar-refractivity contribution in [3.63, 3.8) is 0 Å². The number of anilines is 1. The summed E-state index contributed by atoms with van der Waals surface area (Å²) in [6.45, 7) is 3.86. The molecule has 0 saturated carbocycles. The van der Waals surface area contributed by atoms with Crippen molar-refractivity contribution >= 4 is 27.7 Å². The van der Waals surface area contributed by atoms with E-state index in [0.29, 0.717) is 11.3 Å². The molecule has 6 nitrogen and oxygen atoms in total. The average molecular weight is 346 g/mol. The zero-order chi connectivity index (χ0) is 17.7. The van der Waals surface area contributed by atoms with Gasteiger partial charge in [0.1, 0.15) is 0 Å². The summed E-state index contributed by atoms with van der Waals surface area (Å²) in [6, 6.07) is 11.4. The molecular formula is C17H18N2O4S. The van der Waals surface area contributed by atoms with Gasteiger partial charge in [0.05, 0.1) is 4.90 Å². The first-order valence-corrected chi connectivity index (χ1v) is 8.62. The Balaban J connectivity index is 2.27. The third kappa shape index (κ3) is 4.43. The van der Waals surface area contributed by atoms with Crippen LogP contribution in [-0.4, -0.2) is 19.5 Å². The molecule has 7 heteroatoms. The number of carbonyl (C=O) groups is 1. The summed E-state index contributed by atoms with van der Waals surface area (Å²) in [5, 5.41) is 8.45. The van der Waals surface area contributed by atoms with Gasteiger partial charge in [0.25, 0.3) is 15.9 Å². The normalized spacial score (nSPS) is 11.5. The van der Waals surface area contributed by atoms with Gasteiger partial charge in [-0.1, -0.05) is 18.2 Å². The Kier molecular flexibility index (Phi) is 5.38. The number of aryl methyl sites for hydroxylation is 2. The van der Waals surface area contributed by atoms with Crippen molar-refractivity contribution in [1.29, 1.82) is 0 Å². The van der Waals surface area contributed by atoms with Crippen LogP contribution in [0.1, 0.15) is 16.7 Å². The summed E-state index contributed by atoms with van der Waals surface area (Å²) in [5.41, 5.74) is 4.53. The van der Waals surface area contributed by atoms with Crippen LogP contribution in [-0.2, 0) is 14.8 Å². The molecule has 0 fully saturated rings. The SMILES string of the molecule is Cc1ccc(NS(=O)(=O)c2cccc(/C=C/C(=O)NO)c2)cc1C. The van der Waals surface area contributed by atoms with Crippen LogP contribution >= 0.6 is 0 Å². The fourth-order valence-corrected chi connectivity index (χ4v) is 3.12. The van der Waals surface area contributed by atoms with Gasteiger partial charge in [0.2, 0.25) is 0 Å². The number of benzene rings is 2. The molecule has 1 amide bonds. The highest BCUT2D eigenvalue weighted by atomic mass is 32.2. The summed E-state index contributed by atoms with van der Waals surface area (Å²) in [4.78, 5) is 11.1. The highest BCUT2D eigenvalue weighted by molar-refractivity contribution is 7.92. The molecule has 0 aromatic heterocycles. The molecular weight excluding hydrogens is 328 g/mol. The molecule has 0 spiro atoms. The second kappa shape index (κ2) is 7.29. The molecule has 0 aliphatic heterocycles. The minimum Gasteiger partial charge on any atom is -0.288 e. The molecule has 0 aliphatic rings. The molecule has 0 saturated heterocycles. The molecule has 0 bridgehead atoms. The van der Waals surface area contributed by atoms with Crippen molar-refractivity contribution in [3.8, 4) is 0 Å². The predicted molar refractivity (Wildman–Crippen MR) is 92.1 cm³/mol. The summed E-state index contributed by atoms with van der Waals surface area (Å²) in [5.74, 6) is -0.698. The quantitative estimate of drug-likeness (QED) is 0.440. The Morgan fingerprint density at radius 3 is 2.50 bits per heavy atom. The van der Waals surface area contributed by atoms with E-state index in [1.807, 2.05) is 19.9 Å². The predicted octanol–water partition coefficient (Wildman–Crippen LogP) is 2.62. The van der Waals surface area contributed by atoms with E-state index in [1.54, 1.807) is 24.3 Å². The van der Waals surface area contributed by atoms with Crippen LogP contribution in [0.15, 0.2) is 53.4 Å². The molecule has 0 atom stereocenters. The molecule has 0 radical (unpaired) electrons. The molecule has 126 valence electrons. The summed E-state index contributed by atoms with van der Waals surface area (Å²) < 4.78 is 27.5. The van der Waals surface area contributed by atoms with Gasteiger partial charge >= 0.3 is 0 Å². The lowest BCUT2D eigenvalue weighted by Gasteiger charge is -2.10. The van der Waals surface area contributed by atoms with E-state index in [9.17, 15) is 13.2 Å². The van der Waals surface area contributed by atoms with Gasteiger partial charge in [-0.25, -0.2) is 13.9 Å². The Labute approximate surface area is 140 Å². The lowest BCUT2D eigenvalue weighted by Crippen LogP contribution is -2.15. The van der Waals surface area contributed by atoms with Crippen molar-refractivity contribution in [2.75, 3.05) is 4.72 Å². The van der Waals surface area contributed by atoms with Gasteiger partial charge in [-0.3, -0.25) is 14.7 Å². The molecule has 24 heavy (non-hydrogen) atoms. The largest absolute Gasteiger partial charge is 0.288 e. The Morgan fingerprint density at radius 1 is 1.08 bits per heavy atom. The first-order chi connectivity index (χ1) is 11.3. The van der Waals surface area contributed by atoms with E-state index in [4.69, 9.17) is 5.21 Å². The fraction of sp³-hybridized carbons (Fsp3) is 0.118. The Hall–Kier alpha value is -2.64. The summed E-state index contributed by atoms with van der Waals surface area (Å²) >= 11 is 0. The van der Waals surface area contributed by atoms with E-state index in [2.05, 4.69) is 4.72 Å². The van der Waals surface area contributed by atoms with Crippen LogP contribution in [0, 0.1) is 13.8 Å². The first kappa shape index (κ1) is 17.7. The molecule has 2 aromatic carbocycles. The Bertz CT molecular complexity index is 889. The zero-order valence-corrected chi connectivity index (χ0v) is 14.1. The minimum atomic E-state index is -3.74. The molecule has 0 aliphatic carbocycles. The van der Waals surface area contributed by atoms with Crippen LogP contribution in [0.4, 0.5) is 5.69 Å². The maximum Gasteiger partial charge on any atom is 0.267 e. The maximum atomic E-state index is 12.5. The minimum absolute atomic E-state index is 0.0762. The zero-order valence-electron chi connectivity index (χ0n) is 13.3. The van der Waals surface area contributed by atoms with Crippen LogP contribution < -0.4 is 10.2 Å². The number of carbonyl (C=O) groups excluding carboxylic acids is 1. The van der Waals surface area contributed by atoms with Crippen molar-refractivity contribution in [3.05, 3.63) is 65.2 Å². The second-order valence-corrected chi connectivity index (χ2v) is 6.97. The average Bonchev–Trinajstić information content (AvgIpc) is 2.56. The molecule has 0 heterocycles. The lowest BCUT2D eigenvalue weighted by molar-refractivity contribution is -0.124. The lowest BCUT2D eigenvalue weighted by atomic mass is 10.1. The van der Waals surface area contributed by atoms with Gasteiger partial charge in [0.15, 0.2) is 0 Å². The van der Waals surface area contributed by atoms with Gasteiger partial charge < -0.3 is 0 Å². The van der Waals surface area contributed by atoms with E-state index < -0.39 is 15.9 Å². The third-order valence-corrected chi connectivity index (χ3v) is 4.84. The van der Waals surface area contributed by atoms with Crippen LogP contribution in [0.25, 0.3) is 6.08 Å². The standard InChI is InChI=1S/C17H18N2O4S/c1-12-6-8-15(10-13(12)2)19-24(22,23)16-5-3-4-14(11-16)7-9-17(20)18-21/h3-11,19,21H,1-2H3,(H,18,20)/b9-7+. The van der Waals surface area contributed by atoms with Crippen LogP contribution in [0.5, 0.6) is 0 Å². The van der Waals surface area contributed by atoms with Gasteiger partial charge in [-0.05, 0) is 60.9 Å². The van der Waals surface area contributed by atoms with E-state index >= 15 is 0 Å². The van der Waals surface area contributed by atoms with Crippen LogP contribution in [0.2, 0.25) is 0 Å². The van der Waals surface area contributed by atoms with Crippen molar-refractivity contribution in [1.82, 2.24) is 5.48 Å². The van der Waals surface area contributed by atoms with Gasteiger partial charge in [-0.2, -0.15) is 0 Å². The van der Waals surface area contributed by atoms with Gasteiger partial charge in [0, 0.05) is 11.8 Å². The summed E-state index contributed by atoms with van der Waals surface area (Å²) in [7, 11) is -3.74. The van der Waals surface area contributed by atoms with Crippen molar-refractivity contribution < 1.29 is 18.4 Å². The Morgan fingerprint density at radius 2 is 1.83 bits per heavy atom. The monoisotopic (exact) mass is 346 g/mol. The number of hydrogen-bond acceptors (Lipinski definition) is 4. The number of rotatable bonds is 5. The molecule has 3 N–H and O–H groups in total. The van der Waals surface area contributed by atoms with E-state index in [-0.39, 0.29) is 4.90 Å². The topological polar surface area (TPSA) is 95.5 Å². The number of hydroxylamine groups is 1. The molecule has 2 aromatic rings. The highest BCUT2D eigenvalue weighted by Gasteiger charge is 2.14. The number of hydrogen-bond donors (Lipinski definition) is 3. The highest BCUT2D eigenvalue weighted by Crippen LogP contribution is 2.20. The van der Waals surface area contributed by atoms with E-state index in [1.165, 1.54) is 23.7 Å². The van der Waals surface area contributed by atoms with E-state index in [0.717, 1.165) is 17.2 Å². The number of amides is 1. The van der Waals surface area contributed by atoms with Crippen molar-refractivity contribution in [2.45, 2.75) is 18.7 Å². The number of sulfonamides is 1. The van der Waals surface area contributed by atoms with Crippen LogP contribution in [0.3, 0.4) is 0 Å². The summed E-state index contributed by atoms with van der Waals surface area (Å²) in [6.07, 6.45) is 2.50. The van der Waals surface area contributed by atoms with Crippen molar-refractivity contribution in [2.24, 2.45) is 0 Å².